The fourth-order valence-corrected chi connectivity index (χ4v) is 5.54. The number of nitrogens with one attached hydrogen (secondary N) is 3. The molecule has 2 amide bonds. The van der Waals surface area contributed by atoms with E-state index in [0.717, 1.165) is 36.1 Å². The lowest BCUT2D eigenvalue weighted by Gasteiger charge is -2.36. The van der Waals surface area contributed by atoms with Gasteiger partial charge in [-0.15, -0.1) is 0 Å². The second-order valence-corrected chi connectivity index (χ2v) is 10.9. The van der Waals surface area contributed by atoms with Crippen LogP contribution in [0.25, 0.3) is 0 Å². The largest absolute Gasteiger partial charge is 0.376 e. The van der Waals surface area contributed by atoms with Crippen LogP contribution in [0.1, 0.15) is 46.0 Å². The zero-order valence-electron chi connectivity index (χ0n) is 18.8. The summed E-state index contributed by atoms with van der Waals surface area (Å²) in [5.41, 5.74) is 0.220. The average Bonchev–Trinajstić information content (AvgIpc) is 2.73. The van der Waals surface area contributed by atoms with E-state index in [1.54, 1.807) is 0 Å². The maximum Gasteiger partial charge on any atom is 0.280 e. The van der Waals surface area contributed by atoms with Gasteiger partial charge in [0.05, 0.1) is 17.2 Å². The molecule has 12 heteroatoms. The monoisotopic (exact) mass is 504 g/mol. The van der Waals surface area contributed by atoms with Gasteiger partial charge in [0.2, 0.25) is 11.8 Å². The van der Waals surface area contributed by atoms with Gasteiger partial charge in [0.1, 0.15) is 17.9 Å². The van der Waals surface area contributed by atoms with Gasteiger partial charge in [-0.05, 0) is 64.2 Å². The number of likely N-dealkylation sites (N-methyl/N-ethyl adjacent to an activating group) is 1. The zero-order chi connectivity index (χ0) is 24.3. The van der Waals surface area contributed by atoms with E-state index >= 15 is 0 Å². The molecule has 1 saturated heterocycles. The smallest absolute Gasteiger partial charge is 0.280 e. The summed E-state index contributed by atoms with van der Waals surface area (Å²) in [5, 5.41) is 5.27. The Morgan fingerprint density at radius 1 is 1.21 bits per heavy atom. The van der Waals surface area contributed by atoms with E-state index in [9.17, 15) is 22.4 Å². The molecule has 2 atom stereocenters. The van der Waals surface area contributed by atoms with Crippen molar-refractivity contribution in [1.82, 2.24) is 14.3 Å². The van der Waals surface area contributed by atoms with Gasteiger partial charge >= 0.3 is 0 Å². The van der Waals surface area contributed by atoms with Crippen LogP contribution < -0.4 is 15.4 Å². The molecule has 3 N–H and O–H groups in total. The number of rotatable bonds is 6. The van der Waals surface area contributed by atoms with Crippen molar-refractivity contribution in [2.45, 2.75) is 76.3 Å². The fraction of sp³-hybridized carbons (Fsp3) is 0.619. The minimum absolute atomic E-state index is 0.0614. The zero-order valence-corrected chi connectivity index (χ0v) is 20.4. The Kier molecular flexibility index (Phi) is 8.33. The van der Waals surface area contributed by atoms with Gasteiger partial charge in [-0.25, -0.2) is 4.39 Å². The summed E-state index contributed by atoms with van der Waals surface area (Å²) in [6, 6.07) is 1.33. The van der Waals surface area contributed by atoms with Gasteiger partial charge in [-0.1, -0.05) is 11.6 Å². The van der Waals surface area contributed by atoms with E-state index in [1.807, 2.05) is 13.8 Å². The highest BCUT2D eigenvalue weighted by Gasteiger charge is 2.43. The standard InChI is InChI=1S/C21H30ClFN4O5S/c1-12(2)32-15-7-4-13(5-8-15)24-20(28)18-11-19(27(3)33(30,31)26-18)21(29)25-14-6-9-17(23)16(22)10-14/h6,9-10,12-13,15,18-19,26H,4-5,7-8,11H2,1-3H3,(H,24,28)(H,25,29). The molecule has 1 aliphatic carbocycles. The molecule has 2 unspecified atom stereocenters. The quantitative estimate of drug-likeness (QED) is 0.549. The van der Waals surface area contributed by atoms with Crippen molar-refractivity contribution < 1.29 is 27.1 Å². The first-order chi connectivity index (χ1) is 15.5. The third-order valence-electron chi connectivity index (χ3n) is 5.86. The second-order valence-electron chi connectivity index (χ2n) is 8.73. The van der Waals surface area contributed by atoms with Gasteiger partial charge in [0.25, 0.3) is 10.2 Å². The van der Waals surface area contributed by atoms with Crippen molar-refractivity contribution in [3.8, 4) is 0 Å². The van der Waals surface area contributed by atoms with Crippen LogP contribution in [0.15, 0.2) is 18.2 Å². The molecule has 33 heavy (non-hydrogen) atoms. The van der Waals surface area contributed by atoms with Crippen LogP contribution in [0, 0.1) is 5.82 Å². The Hall–Kier alpha value is -1.79. The SMILES string of the molecule is CC(C)OC1CCC(NC(=O)C2CC(C(=O)Nc3ccc(F)c(Cl)c3)N(C)S(=O)(=O)N2)CC1. The number of anilines is 1. The highest BCUT2D eigenvalue weighted by atomic mass is 35.5. The van der Waals surface area contributed by atoms with E-state index in [-0.39, 0.29) is 35.4 Å². The van der Waals surface area contributed by atoms with E-state index in [0.29, 0.717) is 0 Å². The molecule has 1 aromatic carbocycles. The maximum atomic E-state index is 13.4. The lowest BCUT2D eigenvalue weighted by atomic mass is 9.92. The van der Waals surface area contributed by atoms with Gasteiger partial charge < -0.3 is 15.4 Å². The summed E-state index contributed by atoms with van der Waals surface area (Å²) in [5.74, 6) is -1.75. The molecule has 3 rings (SSSR count). The number of benzene rings is 1. The van der Waals surface area contributed by atoms with Gasteiger partial charge in [-0.2, -0.15) is 17.4 Å². The highest BCUT2D eigenvalue weighted by Crippen LogP contribution is 2.24. The lowest BCUT2D eigenvalue weighted by Crippen LogP contribution is -2.63. The second kappa shape index (κ2) is 10.6. The summed E-state index contributed by atoms with van der Waals surface area (Å²) in [4.78, 5) is 25.7. The number of amides is 2. The van der Waals surface area contributed by atoms with E-state index in [4.69, 9.17) is 16.3 Å². The lowest BCUT2D eigenvalue weighted by molar-refractivity contribution is -0.125. The molecular formula is C21H30ClFN4O5S. The van der Waals surface area contributed by atoms with Gasteiger partial charge in [-0.3, -0.25) is 9.59 Å². The molecule has 1 aromatic rings. The van der Waals surface area contributed by atoms with Crippen molar-refractivity contribution in [3.63, 3.8) is 0 Å². The van der Waals surface area contributed by atoms with Gasteiger partial charge in [0.15, 0.2) is 0 Å². The topological polar surface area (TPSA) is 117 Å². The van der Waals surface area contributed by atoms with E-state index in [2.05, 4.69) is 15.4 Å². The molecule has 2 aliphatic rings. The molecule has 2 fully saturated rings. The van der Waals surface area contributed by atoms with Crippen LogP contribution in [0.4, 0.5) is 10.1 Å². The van der Waals surface area contributed by atoms with Crippen LogP contribution in [0.3, 0.4) is 0 Å². The summed E-state index contributed by atoms with van der Waals surface area (Å²) < 4.78 is 47.6. The summed E-state index contributed by atoms with van der Waals surface area (Å²) in [6.07, 6.45) is 3.33. The Morgan fingerprint density at radius 2 is 1.88 bits per heavy atom. The van der Waals surface area contributed by atoms with Gasteiger partial charge in [0, 0.05) is 18.8 Å². The molecule has 0 spiro atoms. The summed E-state index contributed by atoms with van der Waals surface area (Å²) >= 11 is 5.74. The Labute approximate surface area is 198 Å². The molecular weight excluding hydrogens is 475 g/mol. The van der Waals surface area contributed by atoms with E-state index in [1.165, 1.54) is 19.2 Å². The first-order valence-corrected chi connectivity index (χ1v) is 12.7. The third-order valence-corrected chi connectivity index (χ3v) is 7.74. The number of nitrogens with zero attached hydrogens (tertiary/aromatic N) is 1. The third kappa shape index (κ3) is 6.63. The molecule has 1 aliphatic heterocycles. The predicted molar refractivity (Wildman–Crippen MR) is 122 cm³/mol. The van der Waals surface area contributed by atoms with Crippen LogP contribution >= 0.6 is 11.6 Å². The molecule has 9 nitrogen and oxygen atoms in total. The van der Waals surface area contributed by atoms with Crippen molar-refractivity contribution in [2.24, 2.45) is 0 Å². The number of hydrogen-bond acceptors (Lipinski definition) is 5. The fourth-order valence-electron chi connectivity index (χ4n) is 4.11. The number of carbonyl (C=O) groups excluding carboxylic acids is 2. The van der Waals surface area contributed by atoms with Crippen LogP contribution in [-0.2, 0) is 24.5 Å². The molecule has 184 valence electrons. The van der Waals surface area contributed by atoms with Crippen molar-refractivity contribution in [1.29, 1.82) is 0 Å². The van der Waals surface area contributed by atoms with Crippen molar-refractivity contribution in [3.05, 3.63) is 29.0 Å². The first-order valence-electron chi connectivity index (χ1n) is 10.9. The van der Waals surface area contributed by atoms with E-state index < -0.39 is 39.9 Å². The molecule has 1 heterocycles. The minimum atomic E-state index is -4.06. The Bertz CT molecular complexity index is 985. The summed E-state index contributed by atoms with van der Waals surface area (Å²) in [7, 11) is -2.81. The number of halogens is 2. The molecule has 0 bridgehead atoms. The number of hydrogen-bond donors (Lipinski definition) is 3. The Balaban J connectivity index is 1.63. The minimum Gasteiger partial charge on any atom is -0.376 e. The maximum absolute atomic E-state index is 13.4. The number of ether oxygens (including phenoxy) is 1. The van der Waals surface area contributed by atoms with Crippen LogP contribution in [-0.4, -0.2) is 61.9 Å². The van der Waals surface area contributed by atoms with Crippen molar-refractivity contribution >= 4 is 39.3 Å². The molecule has 0 radical (unpaired) electrons. The molecule has 0 aromatic heterocycles. The highest BCUT2D eigenvalue weighted by molar-refractivity contribution is 7.87. The van der Waals surface area contributed by atoms with Crippen LogP contribution in [0.2, 0.25) is 5.02 Å². The van der Waals surface area contributed by atoms with Crippen LogP contribution in [0.5, 0.6) is 0 Å². The normalized spacial score (nSPS) is 27.8. The summed E-state index contributed by atoms with van der Waals surface area (Å²) in [6.45, 7) is 3.97. The average molecular weight is 505 g/mol. The van der Waals surface area contributed by atoms with Crippen molar-refractivity contribution in [2.75, 3.05) is 12.4 Å². The Morgan fingerprint density at radius 3 is 2.48 bits per heavy atom. The molecule has 1 saturated carbocycles. The number of carbonyl (C=O) groups is 2. The first kappa shape index (κ1) is 25.8. The predicted octanol–water partition coefficient (Wildman–Crippen LogP) is 2.18.